The lowest BCUT2D eigenvalue weighted by atomic mass is 9.94. The largest absolute Gasteiger partial charge is 0.214 e. The number of sulfonamides is 1. The summed E-state index contributed by atoms with van der Waals surface area (Å²) in [6.07, 6.45) is 2.46. The van der Waals surface area contributed by atoms with E-state index < -0.39 is 10.0 Å². The zero-order chi connectivity index (χ0) is 12.8. The molecule has 98 valence electrons. The molecule has 0 aliphatic rings. The molecule has 16 heavy (non-hydrogen) atoms. The second-order valence-corrected chi connectivity index (χ2v) is 7.91. The molecule has 3 nitrogen and oxygen atoms in total. The van der Waals surface area contributed by atoms with Gasteiger partial charge in [0.1, 0.15) is 0 Å². The SMILES string of the molecule is CCCC(Cl)CNS(=O)(=O)CCC(C)(C)C. The summed E-state index contributed by atoms with van der Waals surface area (Å²) < 4.78 is 25.8. The van der Waals surface area contributed by atoms with Crippen LogP contribution < -0.4 is 4.72 Å². The highest BCUT2D eigenvalue weighted by Crippen LogP contribution is 2.18. The molecule has 1 atom stereocenters. The van der Waals surface area contributed by atoms with Crippen LogP contribution in [0.2, 0.25) is 0 Å². The third-order valence-electron chi connectivity index (χ3n) is 2.25. The van der Waals surface area contributed by atoms with Crippen LogP contribution in [0.15, 0.2) is 0 Å². The minimum absolute atomic E-state index is 0.0402. The van der Waals surface area contributed by atoms with Crippen LogP contribution >= 0.6 is 11.6 Å². The van der Waals surface area contributed by atoms with Gasteiger partial charge in [-0.2, -0.15) is 0 Å². The number of rotatable bonds is 7. The molecule has 0 spiro atoms. The fourth-order valence-electron chi connectivity index (χ4n) is 1.15. The van der Waals surface area contributed by atoms with Crippen LogP contribution in [0.3, 0.4) is 0 Å². The maximum atomic E-state index is 11.6. The quantitative estimate of drug-likeness (QED) is 0.723. The number of hydrogen-bond donors (Lipinski definition) is 1. The summed E-state index contributed by atoms with van der Waals surface area (Å²) in [5.74, 6) is 0.173. The average molecular weight is 270 g/mol. The van der Waals surface area contributed by atoms with E-state index in [4.69, 9.17) is 11.6 Å². The Kier molecular flexibility index (Phi) is 6.90. The Balaban J connectivity index is 3.97. The van der Waals surface area contributed by atoms with Crippen molar-refractivity contribution in [2.45, 2.75) is 52.3 Å². The van der Waals surface area contributed by atoms with E-state index in [-0.39, 0.29) is 16.5 Å². The lowest BCUT2D eigenvalue weighted by Crippen LogP contribution is -2.32. The van der Waals surface area contributed by atoms with Gasteiger partial charge in [-0.25, -0.2) is 13.1 Å². The third-order valence-corrected chi connectivity index (χ3v) is 3.97. The molecule has 0 aromatic rings. The first-order valence-corrected chi connectivity index (χ1v) is 7.86. The van der Waals surface area contributed by atoms with Crippen molar-refractivity contribution in [1.82, 2.24) is 4.72 Å². The van der Waals surface area contributed by atoms with Crippen molar-refractivity contribution in [1.29, 1.82) is 0 Å². The molecule has 0 radical (unpaired) electrons. The number of alkyl halides is 1. The first kappa shape index (κ1) is 16.2. The molecule has 0 aliphatic carbocycles. The van der Waals surface area contributed by atoms with Gasteiger partial charge in [-0.05, 0) is 18.3 Å². The van der Waals surface area contributed by atoms with Gasteiger partial charge >= 0.3 is 0 Å². The lowest BCUT2D eigenvalue weighted by Gasteiger charge is -2.18. The Morgan fingerprint density at radius 2 is 1.88 bits per heavy atom. The van der Waals surface area contributed by atoms with Crippen LogP contribution in [0.5, 0.6) is 0 Å². The van der Waals surface area contributed by atoms with Crippen molar-refractivity contribution in [3.63, 3.8) is 0 Å². The Morgan fingerprint density at radius 3 is 2.31 bits per heavy atom. The summed E-state index contributed by atoms with van der Waals surface area (Å²) >= 11 is 5.95. The van der Waals surface area contributed by atoms with Crippen LogP contribution in [-0.4, -0.2) is 26.1 Å². The highest BCUT2D eigenvalue weighted by atomic mass is 35.5. The number of halogens is 1. The Bertz CT molecular complexity index is 283. The maximum absolute atomic E-state index is 11.6. The topological polar surface area (TPSA) is 46.2 Å². The van der Waals surface area contributed by atoms with Crippen molar-refractivity contribution in [2.75, 3.05) is 12.3 Å². The molecular formula is C11H24ClNO2S. The van der Waals surface area contributed by atoms with Gasteiger partial charge in [0, 0.05) is 11.9 Å². The number of hydrogen-bond acceptors (Lipinski definition) is 2. The van der Waals surface area contributed by atoms with E-state index in [9.17, 15) is 8.42 Å². The third kappa shape index (κ3) is 9.43. The summed E-state index contributed by atoms with van der Waals surface area (Å²) in [4.78, 5) is 0. The van der Waals surface area contributed by atoms with E-state index in [0.717, 1.165) is 12.8 Å². The predicted molar refractivity (Wildman–Crippen MR) is 70.4 cm³/mol. The molecule has 0 amide bonds. The molecule has 0 aromatic heterocycles. The van der Waals surface area contributed by atoms with Gasteiger partial charge in [-0.3, -0.25) is 0 Å². The molecule has 1 N–H and O–H groups in total. The highest BCUT2D eigenvalue weighted by molar-refractivity contribution is 7.89. The molecule has 0 aliphatic heterocycles. The molecule has 0 fully saturated rings. The Morgan fingerprint density at radius 1 is 1.31 bits per heavy atom. The minimum Gasteiger partial charge on any atom is -0.214 e. The fraction of sp³-hybridized carbons (Fsp3) is 1.00. The van der Waals surface area contributed by atoms with Crippen LogP contribution in [0, 0.1) is 5.41 Å². The molecule has 0 bridgehead atoms. The molecule has 0 aromatic carbocycles. The smallest absolute Gasteiger partial charge is 0.211 e. The zero-order valence-corrected chi connectivity index (χ0v) is 12.3. The summed E-state index contributed by atoms with van der Waals surface area (Å²) in [7, 11) is -3.16. The minimum atomic E-state index is -3.16. The molecule has 5 heteroatoms. The van der Waals surface area contributed by atoms with Crippen LogP contribution in [0.25, 0.3) is 0 Å². The van der Waals surface area contributed by atoms with Crippen molar-refractivity contribution in [3.8, 4) is 0 Å². The van der Waals surface area contributed by atoms with E-state index >= 15 is 0 Å². The normalized spacial score (nSPS) is 15.1. The first-order chi connectivity index (χ1) is 7.16. The van der Waals surface area contributed by atoms with Gasteiger partial charge in [0.05, 0.1) is 5.75 Å². The average Bonchev–Trinajstić information content (AvgIpc) is 2.12. The van der Waals surface area contributed by atoms with Crippen LogP contribution in [0.1, 0.15) is 47.0 Å². The molecule has 0 saturated heterocycles. The molecule has 0 rings (SSSR count). The number of nitrogens with one attached hydrogen (secondary N) is 1. The summed E-state index contributed by atoms with van der Waals surface area (Å²) in [6.45, 7) is 8.46. The van der Waals surface area contributed by atoms with Crippen molar-refractivity contribution < 1.29 is 8.42 Å². The molecule has 0 saturated carbocycles. The van der Waals surface area contributed by atoms with Crippen LogP contribution in [-0.2, 0) is 10.0 Å². The first-order valence-electron chi connectivity index (χ1n) is 5.78. The van der Waals surface area contributed by atoms with E-state index in [1.807, 2.05) is 27.7 Å². The van der Waals surface area contributed by atoms with E-state index in [1.165, 1.54) is 0 Å². The van der Waals surface area contributed by atoms with Crippen molar-refractivity contribution >= 4 is 21.6 Å². The second kappa shape index (κ2) is 6.82. The van der Waals surface area contributed by atoms with Crippen molar-refractivity contribution in [2.24, 2.45) is 5.41 Å². The summed E-state index contributed by atoms with van der Waals surface area (Å²) in [5, 5.41) is -0.102. The monoisotopic (exact) mass is 269 g/mol. The van der Waals surface area contributed by atoms with Gasteiger partial charge in [0.2, 0.25) is 10.0 Å². The van der Waals surface area contributed by atoms with Crippen LogP contribution in [0.4, 0.5) is 0 Å². The highest BCUT2D eigenvalue weighted by Gasteiger charge is 2.17. The molecular weight excluding hydrogens is 246 g/mol. The van der Waals surface area contributed by atoms with E-state index in [0.29, 0.717) is 13.0 Å². The van der Waals surface area contributed by atoms with Gasteiger partial charge in [-0.15, -0.1) is 11.6 Å². The standard InChI is InChI=1S/C11H24ClNO2S/c1-5-6-10(12)9-13-16(14,15)8-7-11(2,3)4/h10,13H,5-9H2,1-4H3. The van der Waals surface area contributed by atoms with Gasteiger partial charge in [-0.1, -0.05) is 34.1 Å². The van der Waals surface area contributed by atoms with Gasteiger partial charge in [0.25, 0.3) is 0 Å². The van der Waals surface area contributed by atoms with E-state index in [2.05, 4.69) is 4.72 Å². The summed E-state index contributed by atoms with van der Waals surface area (Å²) in [5.41, 5.74) is 0.0402. The second-order valence-electron chi connectivity index (χ2n) is 5.36. The van der Waals surface area contributed by atoms with E-state index in [1.54, 1.807) is 0 Å². The Hall–Kier alpha value is 0.200. The molecule has 1 unspecified atom stereocenters. The lowest BCUT2D eigenvalue weighted by molar-refractivity contribution is 0.396. The fourth-order valence-corrected chi connectivity index (χ4v) is 3.01. The predicted octanol–water partition coefficient (Wildman–Crippen LogP) is 2.75. The van der Waals surface area contributed by atoms with Crippen molar-refractivity contribution in [3.05, 3.63) is 0 Å². The maximum Gasteiger partial charge on any atom is 0.211 e. The zero-order valence-electron chi connectivity index (χ0n) is 10.7. The van der Waals surface area contributed by atoms with Gasteiger partial charge < -0.3 is 0 Å². The van der Waals surface area contributed by atoms with Gasteiger partial charge in [0.15, 0.2) is 0 Å². The summed E-state index contributed by atoms with van der Waals surface area (Å²) in [6, 6.07) is 0. The Labute approximate surface area is 105 Å². The molecule has 0 heterocycles.